The van der Waals surface area contributed by atoms with Crippen LogP contribution in [0.1, 0.15) is 25.5 Å². The Morgan fingerprint density at radius 2 is 1.62 bits per heavy atom. The van der Waals surface area contributed by atoms with E-state index in [0.717, 1.165) is 5.69 Å². The van der Waals surface area contributed by atoms with Crippen LogP contribution in [0.25, 0.3) is 0 Å². The van der Waals surface area contributed by atoms with Gasteiger partial charge in [0, 0.05) is 11.9 Å². The van der Waals surface area contributed by atoms with Crippen molar-refractivity contribution >= 4 is 15.5 Å². The minimum absolute atomic E-state index is 0.140. The first-order valence-electron chi connectivity index (χ1n) is 6.99. The van der Waals surface area contributed by atoms with Gasteiger partial charge in [-0.1, -0.05) is 50.2 Å². The average molecular weight is 303 g/mol. The Bertz CT molecular complexity index is 694. The number of nitrogens with one attached hydrogen (secondary N) is 1. The highest BCUT2D eigenvalue weighted by Gasteiger charge is 2.16. The lowest BCUT2D eigenvalue weighted by Crippen LogP contribution is -2.17. The van der Waals surface area contributed by atoms with Gasteiger partial charge in [0.05, 0.1) is 10.9 Å². The second-order valence-electron chi connectivity index (χ2n) is 5.58. The van der Waals surface area contributed by atoms with Crippen LogP contribution in [0.5, 0.6) is 0 Å². The Kier molecular flexibility index (Phi) is 4.68. The summed E-state index contributed by atoms with van der Waals surface area (Å²) in [7, 11) is -3.19. The van der Waals surface area contributed by atoms with Crippen LogP contribution >= 0.6 is 0 Å². The molecule has 0 saturated carbocycles. The van der Waals surface area contributed by atoms with Crippen molar-refractivity contribution in [3.63, 3.8) is 0 Å². The molecule has 0 radical (unpaired) electrons. The van der Waals surface area contributed by atoms with Gasteiger partial charge in [0.1, 0.15) is 0 Å². The molecular weight excluding hydrogens is 282 g/mol. The van der Waals surface area contributed by atoms with Crippen LogP contribution in [0.3, 0.4) is 0 Å². The maximum atomic E-state index is 11.6. The lowest BCUT2D eigenvalue weighted by Gasteiger charge is -2.24. The molecule has 0 aromatic heterocycles. The summed E-state index contributed by atoms with van der Waals surface area (Å²) in [4.78, 5) is 0.336. The molecule has 2 rings (SSSR count). The SMILES string of the molecule is CC(C)C(Nc1cccc(S(C)(=O)=O)c1)c1ccccc1. The summed E-state index contributed by atoms with van der Waals surface area (Å²) in [6.07, 6.45) is 1.23. The fraction of sp³-hybridized carbons (Fsp3) is 0.294. The predicted octanol–water partition coefficient (Wildman–Crippen LogP) is 3.90. The van der Waals surface area contributed by atoms with Gasteiger partial charge in [-0.15, -0.1) is 0 Å². The first kappa shape index (κ1) is 15.6. The van der Waals surface area contributed by atoms with E-state index in [9.17, 15) is 8.42 Å². The second-order valence-corrected chi connectivity index (χ2v) is 7.59. The number of anilines is 1. The molecule has 0 heterocycles. The third-order valence-electron chi connectivity index (χ3n) is 3.41. The van der Waals surface area contributed by atoms with Crippen molar-refractivity contribution < 1.29 is 8.42 Å². The summed E-state index contributed by atoms with van der Waals surface area (Å²) in [6, 6.07) is 17.3. The largest absolute Gasteiger partial charge is 0.378 e. The molecule has 1 unspecified atom stereocenters. The lowest BCUT2D eigenvalue weighted by atomic mass is 9.96. The molecule has 0 amide bonds. The van der Waals surface area contributed by atoms with Gasteiger partial charge in [0.2, 0.25) is 0 Å². The molecule has 112 valence electrons. The molecule has 0 aliphatic rings. The first-order chi connectivity index (χ1) is 9.88. The molecule has 0 saturated heterocycles. The maximum Gasteiger partial charge on any atom is 0.175 e. The zero-order valence-corrected chi connectivity index (χ0v) is 13.4. The van der Waals surface area contributed by atoms with E-state index in [2.05, 4.69) is 31.3 Å². The number of sulfone groups is 1. The standard InChI is InChI=1S/C17H21NO2S/c1-13(2)17(14-8-5-4-6-9-14)18-15-10-7-11-16(12-15)21(3,19)20/h4-13,17-18H,1-3H3. The smallest absolute Gasteiger partial charge is 0.175 e. The fourth-order valence-corrected chi connectivity index (χ4v) is 2.96. The van der Waals surface area contributed by atoms with Crippen molar-refractivity contribution in [1.29, 1.82) is 0 Å². The molecule has 0 spiro atoms. The van der Waals surface area contributed by atoms with Gasteiger partial charge in [-0.3, -0.25) is 0 Å². The van der Waals surface area contributed by atoms with Crippen LogP contribution in [0.4, 0.5) is 5.69 Å². The Hall–Kier alpha value is -1.81. The van der Waals surface area contributed by atoms with Crippen LogP contribution in [-0.2, 0) is 9.84 Å². The highest BCUT2D eigenvalue weighted by atomic mass is 32.2. The fourth-order valence-electron chi connectivity index (χ4n) is 2.29. The van der Waals surface area contributed by atoms with Crippen LogP contribution in [0.2, 0.25) is 0 Å². The summed E-state index contributed by atoms with van der Waals surface area (Å²) in [5.74, 6) is 0.384. The third kappa shape index (κ3) is 4.08. The van der Waals surface area contributed by atoms with Crippen molar-refractivity contribution in [2.75, 3.05) is 11.6 Å². The van der Waals surface area contributed by atoms with Crippen molar-refractivity contribution in [1.82, 2.24) is 0 Å². The monoisotopic (exact) mass is 303 g/mol. The second kappa shape index (κ2) is 6.31. The Labute approximate surface area is 126 Å². The van der Waals surface area contributed by atoms with E-state index in [0.29, 0.717) is 10.8 Å². The summed E-state index contributed by atoms with van der Waals surface area (Å²) in [6.45, 7) is 4.29. The Balaban J connectivity index is 2.30. The summed E-state index contributed by atoms with van der Waals surface area (Å²) in [5.41, 5.74) is 2.01. The van der Waals surface area contributed by atoms with Gasteiger partial charge < -0.3 is 5.32 Å². The van der Waals surface area contributed by atoms with Gasteiger partial charge in [0.25, 0.3) is 0 Å². The number of hydrogen-bond donors (Lipinski definition) is 1. The van der Waals surface area contributed by atoms with Gasteiger partial charge in [0.15, 0.2) is 9.84 Å². The minimum Gasteiger partial charge on any atom is -0.378 e. The zero-order chi connectivity index (χ0) is 15.5. The number of rotatable bonds is 5. The van der Waals surface area contributed by atoms with E-state index in [1.165, 1.54) is 11.8 Å². The van der Waals surface area contributed by atoms with Crippen molar-refractivity contribution in [3.8, 4) is 0 Å². The van der Waals surface area contributed by atoms with E-state index < -0.39 is 9.84 Å². The van der Waals surface area contributed by atoms with Crippen molar-refractivity contribution in [2.24, 2.45) is 5.92 Å². The summed E-state index contributed by atoms with van der Waals surface area (Å²) < 4.78 is 23.3. The van der Waals surface area contributed by atoms with E-state index >= 15 is 0 Å². The van der Waals surface area contributed by atoms with Gasteiger partial charge >= 0.3 is 0 Å². The molecule has 0 aliphatic heterocycles. The highest BCUT2D eigenvalue weighted by molar-refractivity contribution is 7.90. The van der Waals surface area contributed by atoms with Gasteiger partial charge in [-0.25, -0.2) is 8.42 Å². The molecule has 4 heteroatoms. The molecule has 1 N–H and O–H groups in total. The minimum atomic E-state index is -3.19. The summed E-state index contributed by atoms with van der Waals surface area (Å²) in [5, 5.41) is 3.44. The molecule has 1 atom stereocenters. The normalized spacial score (nSPS) is 13.1. The Morgan fingerprint density at radius 1 is 0.952 bits per heavy atom. The predicted molar refractivity (Wildman–Crippen MR) is 87.2 cm³/mol. The van der Waals surface area contributed by atoms with Crippen LogP contribution in [0.15, 0.2) is 59.5 Å². The quantitative estimate of drug-likeness (QED) is 0.911. The van der Waals surface area contributed by atoms with E-state index in [1.54, 1.807) is 18.2 Å². The van der Waals surface area contributed by atoms with Gasteiger partial charge in [-0.2, -0.15) is 0 Å². The first-order valence-corrected chi connectivity index (χ1v) is 8.88. The zero-order valence-electron chi connectivity index (χ0n) is 12.6. The van der Waals surface area contributed by atoms with Crippen molar-refractivity contribution in [2.45, 2.75) is 24.8 Å². The van der Waals surface area contributed by atoms with Crippen molar-refractivity contribution in [3.05, 3.63) is 60.2 Å². The van der Waals surface area contributed by atoms with E-state index in [1.807, 2.05) is 24.3 Å². The maximum absolute atomic E-state index is 11.6. The lowest BCUT2D eigenvalue weighted by molar-refractivity contribution is 0.546. The topological polar surface area (TPSA) is 46.2 Å². The molecule has 2 aromatic rings. The highest BCUT2D eigenvalue weighted by Crippen LogP contribution is 2.27. The average Bonchev–Trinajstić information content (AvgIpc) is 2.45. The van der Waals surface area contributed by atoms with Crippen LogP contribution in [0, 0.1) is 5.92 Å². The summed E-state index contributed by atoms with van der Waals surface area (Å²) >= 11 is 0. The van der Waals surface area contributed by atoms with E-state index in [-0.39, 0.29) is 6.04 Å². The molecule has 3 nitrogen and oxygen atoms in total. The molecular formula is C17H21NO2S. The molecule has 21 heavy (non-hydrogen) atoms. The third-order valence-corrected chi connectivity index (χ3v) is 4.52. The molecule has 0 aliphatic carbocycles. The molecule has 0 bridgehead atoms. The molecule has 0 fully saturated rings. The van der Waals surface area contributed by atoms with Gasteiger partial charge in [-0.05, 0) is 29.7 Å². The van der Waals surface area contributed by atoms with Crippen LogP contribution < -0.4 is 5.32 Å². The Morgan fingerprint density at radius 3 is 2.19 bits per heavy atom. The van der Waals surface area contributed by atoms with Crippen LogP contribution in [-0.4, -0.2) is 14.7 Å². The number of benzene rings is 2. The van der Waals surface area contributed by atoms with E-state index in [4.69, 9.17) is 0 Å². The molecule has 2 aromatic carbocycles. The number of hydrogen-bond acceptors (Lipinski definition) is 3.